The van der Waals surface area contributed by atoms with E-state index in [1.165, 1.54) is 18.0 Å². The molecular weight excluding hydrogens is 541 g/mol. The summed E-state index contributed by atoms with van der Waals surface area (Å²) in [6.07, 6.45) is 4.94. The highest BCUT2D eigenvalue weighted by Crippen LogP contribution is 2.28. The molecule has 5 rings (SSSR count). The fourth-order valence-electron chi connectivity index (χ4n) is 4.81. The lowest BCUT2D eigenvalue weighted by atomic mass is 10.1. The van der Waals surface area contributed by atoms with Gasteiger partial charge in [0.15, 0.2) is 11.4 Å². The minimum Gasteiger partial charge on any atom is -0.482 e. The summed E-state index contributed by atoms with van der Waals surface area (Å²) in [5.74, 6) is -5.25. The fraction of sp³-hybridized carbons (Fsp3) is 0.276. The number of nitrogens with zero attached hydrogens (tertiary/aromatic N) is 3. The first-order valence-electron chi connectivity index (χ1n) is 12.8. The van der Waals surface area contributed by atoms with E-state index in [-0.39, 0.29) is 43.4 Å². The van der Waals surface area contributed by atoms with Crippen LogP contribution in [0.3, 0.4) is 0 Å². The highest BCUT2D eigenvalue weighted by molar-refractivity contribution is 5.99. The number of ether oxygens (including phenoxy) is 2. The summed E-state index contributed by atoms with van der Waals surface area (Å²) in [5.41, 5.74) is -1.21. The van der Waals surface area contributed by atoms with Gasteiger partial charge in [-0.3, -0.25) is 24.1 Å². The molecule has 9 nitrogen and oxygen atoms in total. The number of aromatic nitrogens is 1. The van der Waals surface area contributed by atoms with E-state index in [0.29, 0.717) is 12.1 Å². The molecule has 2 aliphatic rings. The first kappa shape index (κ1) is 28.0. The number of rotatable bonds is 8. The highest BCUT2D eigenvalue weighted by atomic mass is 19.1. The Kier molecular flexibility index (Phi) is 7.84. The number of carbonyl (C=O) groups is 2. The van der Waals surface area contributed by atoms with Crippen LogP contribution in [-0.2, 0) is 17.9 Å². The molecule has 214 valence electrons. The highest BCUT2D eigenvalue weighted by Gasteiger charge is 2.40. The Bertz CT molecular complexity index is 1550. The van der Waals surface area contributed by atoms with Crippen molar-refractivity contribution in [2.75, 3.05) is 25.4 Å². The van der Waals surface area contributed by atoms with Crippen LogP contribution in [0.5, 0.6) is 5.75 Å². The first-order valence-corrected chi connectivity index (χ1v) is 12.8. The van der Waals surface area contributed by atoms with Gasteiger partial charge in [-0.05, 0) is 12.5 Å². The molecule has 2 aromatic carbocycles. The van der Waals surface area contributed by atoms with E-state index in [2.05, 4.69) is 5.32 Å². The lowest BCUT2D eigenvalue weighted by Crippen LogP contribution is -2.59. The number of nitrogens with one attached hydrogen (secondary N) is 1. The van der Waals surface area contributed by atoms with Gasteiger partial charge in [0.1, 0.15) is 36.3 Å². The van der Waals surface area contributed by atoms with Crippen molar-refractivity contribution in [2.45, 2.75) is 32.2 Å². The molecule has 2 atom stereocenters. The molecule has 0 saturated carbocycles. The summed E-state index contributed by atoms with van der Waals surface area (Å²) in [6.45, 7) is 1.49. The zero-order valence-corrected chi connectivity index (χ0v) is 22.3. The molecule has 41 heavy (non-hydrogen) atoms. The number of pyridine rings is 1. The van der Waals surface area contributed by atoms with Gasteiger partial charge >= 0.3 is 0 Å². The van der Waals surface area contributed by atoms with E-state index >= 15 is 0 Å². The Morgan fingerprint density at radius 2 is 1.78 bits per heavy atom. The Balaban J connectivity index is 1.59. The van der Waals surface area contributed by atoms with Gasteiger partial charge in [0, 0.05) is 43.6 Å². The molecule has 3 aromatic rings. The van der Waals surface area contributed by atoms with Crippen LogP contribution in [0.15, 0.2) is 65.6 Å². The monoisotopic (exact) mass is 568 g/mol. The van der Waals surface area contributed by atoms with Gasteiger partial charge in [0.05, 0.1) is 12.6 Å². The maximum Gasteiger partial charge on any atom is 0.278 e. The van der Waals surface area contributed by atoms with Crippen molar-refractivity contribution in [3.63, 3.8) is 0 Å². The number of fused-ring (bicyclic) bond motifs is 4. The van der Waals surface area contributed by atoms with Gasteiger partial charge in [-0.15, -0.1) is 0 Å². The van der Waals surface area contributed by atoms with Crippen molar-refractivity contribution in [1.82, 2.24) is 14.9 Å². The molecule has 2 aliphatic heterocycles. The van der Waals surface area contributed by atoms with Gasteiger partial charge < -0.3 is 19.7 Å². The van der Waals surface area contributed by atoms with Crippen LogP contribution in [0.4, 0.5) is 13.2 Å². The third kappa shape index (κ3) is 5.42. The number of carbonyl (C=O) groups excluding carboxylic acids is 2. The van der Waals surface area contributed by atoms with Gasteiger partial charge in [-0.25, -0.2) is 13.2 Å². The molecule has 2 bridgehead atoms. The smallest absolute Gasteiger partial charge is 0.278 e. The standard InChI is InChI=1S/C29H27F3N4O5/c1-17-8-9-20(15-40-2)36-16-34(17)29(39)25-27(41-14-18-6-4-3-5-7-18)26(37)22(13-35(25)36)28(38)33-12-21-23(31)10-19(30)11-24(21)32/h3-11,13,17,20H,12,14-16H2,1-2H3,(H,33,38)/t17-,20-/m0/s1. The molecule has 2 amide bonds. The fourth-order valence-corrected chi connectivity index (χ4v) is 4.81. The number of hydrogen-bond donors (Lipinski definition) is 1. The summed E-state index contributed by atoms with van der Waals surface area (Å²) >= 11 is 0. The Morgan fingerprint density at radius 3 is 2.46 bits per heavy atom. The molecule has 0 saturated heterocycles. The molecular formula is C29H27F3N4O5. The molecule has 1 aromatic heterocycles. The maximum absolute atomic E-state index is 14.2. The van der Waals surface area contributed by atoms with Crippen LogP contribution in [0.1, 0.15) is 38.9 Å². The second kappa shape index (κ2) is 11.5. The predicted octanol–water partition coefficient (Wildman–Crippen LogP) is 3.10. The number of halogens is 3. The van der Waals surface area contributed by atoms with Crippen LogP contribution in [-0.4, -0.2) is 53.9 Å². The second-order valence-electron chi connectivity index (χ2n) is 9.70. The Hall–Kier alpha value is -4.58. The van der Waals surface area contributed by atoms with Crippen molar-refractivity contribution in [3.05, 3.63) is 111 Å². The maximum atomic E-state index is 14.2. The van der Waals surface area contributed by atoms with E-state index < -0.39 is 52.4 Å². The van der Waals surface area contributed by atoms with Gasteiger partial charge in [0.2, 0.25) is 5.43 Å². The molecule has 0 unspecified atom stereocenters. The van der Waals surface area contributed by atoms with Crippen molar-refractivity contribution in [2.24, 2.45) is 0 Å². The van der Waals surface area contributed by atoms with Crippen molar-refractivity contribution >= 4 is 11.8 Å². The predicted molar refractivity (Wildman–Crippen MR) is 142 cm³/mol. The molecule has 3 heterocycles. The van der Waals surface area contributed by atoms with E-state index in [4.69, 9.17) is 9.47 Å². The topological polar surface area (TPSA) is 93.1 Å². The zero-order chi connectivity index (χ0) is 29.3. The number of hydrogen-bond acceptors (Lipinski definition) is 6. The van der Waals surface area contributed by atoms with Crippen molar-refractivity contribution < 1.29 is 32.2 Å². The number of benzene rings is 2. The van der Waals surface area contributed by atoms with Gasteiger partial charge in [-0.1, -0.05) is 42.5 Å². The molecule has 0 radical (unpaired) electrons. The first-order chi connectivity index (χ1) is 19.7. The third-order valence-electron chi connectivity index (χ3n) is 7.01. The Morgan fingerprint density at radius 1 is 1.07 bits per heavy atom. The molecule has 12 heteroatoms. The summed E-state index contributed by atoms with van der Waals surface area (Å²) in [6, 6.07) is 9.27. The van der Waals surface area contributed by atoms with Crippen LogP contribution in [0.2, 0.25) is 0 Å². The van der Waals surface area contributed by atoms with E-state index in [1.807, 2.05) is 25.1 Å². The zero-order valence-electron chi connectivity index (χ0n) is 22.3. The molecule has 0 fully saturated rings. The summed E-state index contributed by atoms with van der Waals surface area (Å²) < 4.78 is 54.4. The van der Waals surface area contributed by atoms with E-state index in [9.17, 15) is 27.6 Å². The van der Waals surface area contributed by atoms with Crippen LogP contribution >= 0.6 is 0 Å². The molecule has 0 aliphatic carbocycles. The van der Waals surface area contributed by atoms with Crippen LogP contribution < -0.4 is 20.5 Å². The lowest BCUT2D eigenvalue weighted by Gasteiger charge is -2.42. The van der Waals surface area contributed by atoms with Crippen LogP contribution in [0, 0.1) is 17.5 Å². The molecule has 0 spiro atoms. The van der Waals surface area contributed by atoms with Crippen LogP contribution in [0.25, 0.3) is 0 Å². The van der Waals surface area contributed by atoms with Crippen molar-refractivity contribution in [3.8, 4) is 5.75 Å². The Labute approximate surface area is 233 Å². The van der Waals surface area contributed by atoms with Gasteiger partial charge in [-0.2, -0.15) is 0 Å². The largest absolute Gasteiger partial charge is 0.482 e. The third-order valence-corrected chi connectivity index (χ3v) is 7.01. The number of methoxy groups -OCH3 is 1. The average molecular weight is 569 g/mol. The van der Waals surface area contributed by atoms with Gasteiger partial charge in [0.25, 0.3) is 11.8 Å². The van der Waals surface area contributed by atoms with E-state index in [0.717, 1.165) is 5.56 Å². The minimum absolute atomic E-state index is 0.0667. The quantitative estimate of drug-likeness (QED) is 0.420. The molecule has 1 N–H and O–H groups in total. The minimum atomic E-state index is -1.18. The second-order valence-corrected chi connectivity index (χ2v) is 9.70. The SMILES string of the molecule is COC[C@@H]1C=C[C@H](C)N2CN1n1cc(C(=O)NCc3c(F)cc(F)cc3F)c(=O)c(OCc3ccccc3)c1C2=O. The summed E-state index contributed by atoms with van der Waals surface area (Å²) in [7, 11) is 1.53. The number of amides is 2. The van der Waals surface area contributed by atoms with E-state index in [1.54, 1.807) is 34.2 Å². The summed E-state index contributed by atoms with van der Waals surface area (Å²) in [4.78, 5) is 42.3. The average Bonchev–Trinajstić information content (AvgIpc) is 3.08. The van der Waals surface area contributed by atoms with Crippen molar-refractivity contribution in [1.29, 1.82) is 0 Å². The lowest BCUT2D eigenvalue weighted by molar-refractivity contribution is 0.0634. The normalized spacial score (nSPS) is 17.7. The summed E-state index contributed by atoms with van der Waals surface area (Å²) in [5, 5.41) is 4.08.